The van der Waals surface area contributed by atoms with E-state index in [0.29, 0.717) is 36.3 Å². The minimum Gasteiger partial charge on any atom is -0.359 e. The third-order valence-electron chi connectivity index (χ3n) is 4.04. The molecule has 6 nitrogen and oxygen atoms in total. The third kappa shape index (κ3) is 3.60. The summed E-state index contributed by atoms with van der Waals surface area (Å²) >= 11 is 0. The Hall–Kier alpha value is -2.96. The fraction of sp³-hybridized carbons (Fsp3) is 0.278. The summed E-state index contributed by atoms with van der Waals surface area (Å²) in [4.78, 5) is 15.6. The fourth-order valence-electron chi connectivity index (χ4n) is 2.66. The van der Waals surface area contributed by atoms with Gasteiger partial charge in [0.1, 0.15) is 11.6 Å². The summed E-state index contributed by atoms with van der Waals surface area (Å²) in [7, 11) is 1.62. The van der Waals surface area contributed by atoms with Crippen LogP contribution in [-0.4, -0.2) is 32.3 Å². The van der Waals surface area contributed by atoms with E-state index in [-0.39, 0.29) is 11.7 Å². The Balaban J connectivity index is 1.81. The molecule has 0 radical (unpaired) electrons. The highest BCUT2D eigenvalue weighted by molar-refractivity contribution is 5.75. The van der Waals surface area contributed by atoms with E-state index in [2.05, 4.69) is 15.4 Å². The Morgan fingerprint density at radius 2 is 2.20 bits per heavy atom. The van der Waals surface area contributed by atoms with Gasteiger partial charge in [-0.1, -0.05) is 12.1 Å². The van der Waals surface area contributed by atoms with Crippen molar-refractivity contribution in [2.75, 3.05) is 7.05 Å². The van der Waals surface area contributed by atoms with Gasteiger partial charge in [0.25, 0.3) is 0 Å². The molecule has 0 aliphatic heterocycles. The largest absolute Gasteiger partial charge is 0.359 e. The lowest BCUT2D eigenvalue weighted by Gasteiger charge is -2.08. The van der Waals surface area contributed by atoms with Crippen molar-refractivity contribution < 1.29 is 9.18 Å². The first-order valence-electron chi connectivity index (χ1n) is 8.12. The van der Waals surface area contributed by atoms with Gasteiger partial charge in [0.05, 0.1) is 17.4 Å². The van der Waals surface area contributed by atoms with Crippen LogP contribution in [0, 0.1) is 12.7 Å². The van der Waals surface area contributed by atoms with Gasteiger partial charge >= 0.3 is 0 Å². The zero-order valence-electron chi connectivity index (χ0n) is 14.2. The molecule has 0 atom stereocenters. The summed E-state index contributed by atoms with van der Waals surface area (Å²) in [5.41, 5.74) is 1.84. The molecule has 130 valence electrons. The predicted octanol–water partition coefficient (Wildman–Crippen LogP) is 2.71. The van der Waals surface area contributed by atoms with Crippen molar-refractivity contribution in [3.63, 3.8) is 0 Å². The van der Waals surface area contributed by atoms with Crippen molar-refractivity contribution in [1.29, 1.82) is 0 Å². The minimum absolute atomic E-state index is 0.0131. The number of carbonyl (C=O) groups excluding carboxylic acids is 1. The Kier molecular flexibility index (Phi) is 4.92. The molecule has 0 saturated heterocycles. The van der Waals surface area contributed by atoms with Gasteiger partial charge in [-0.2, -0.15) is 5.10 Å². The molecule has 1 N–H and O–H groups in total. The first-order valence-corrected chi connectivity index (χ1v) is 8.12. The molecular formula is C18H20FN5O. The summed E-state index contributed by atoms with van der Waals surface area (Å²) in [6.45, 7) is 2.37. The number of nitrogens with zero attached hydrogens (tertiary/aromatic N) is 4. The number of nitrogens with one attached hydrogen (secondary N) is 1. The SMILES string of the molecule is CNC(=O)CCCn1cc(-n2ccnc2-c2cccc(C)c2F)cn1. The van der Waals surface area contributed by atoms with Crippen LogP contribution in [0.15, 0.2) is 43.0 Å². The Morgan fingerprint density at radius 1 is 1.36 bits per heavy atom. The number of carbonyl (C=O) groups is 1. The molecule has 1 amide bonds. The number of aromatic nitrogens is 4. The first-order chi connectivity index (χ1) is 12.1. The number of aryl methyl sites for hydroxylation is 2. The van der Waals surface area contributed by atoms with Crippen molar-refractivity contribution in [2.24, 2.45) is 0 Å². The molecule has 1 aromatic carbocycles. The highest BCUT2D eigenvalue weighted by Crippen LogP contribution is 2.25. The van der Waals surface area contributed by atoms with Crippen molar-refractivity contribution in [3.05, 3.63) is 54.4 Å². The number of amides is 1. The second kappa shape index (κ2) is 7.29. The molecule has 0 aliphatic rings. The van der Waals surface area contributed by atoms with E-state index < -0.39 is 0 Å². The molecule has 0 saturated carbocycles. The van der Waals surface area contributed by atoms with Crippen LogP contribution in [0.25, 0.3) is 17.1 Å². The monoisotopic (exact) mass is 341 g/mol. The molecule has 0 spiro atoms. The van der Waals surface area contributed by atoms with Gasteiger partial charge in [-0.25, -0.2) is 9.37 Å². The molecule has 7 heteroatoms. The van der Waals surface area contributed by atoms with E-state index in [1.165, 1.54) is 0 Å². The topological polar surface area (TPSA) is 64.7 Å². The number of rotatable bonds is 6. The van der Waals surface area contributed by atoms with E-state index in [1.807, 2.05) is 12.3 Å². The zero-order valence-corrected chi connectivity index (χ0v) is 14.2. The first kappa shape index (κ1) is 16.9. The fourth-order valence-corrected chi connectivity index (χ4v) is 2.66. The van der Waals surface area contributed by atoms with Crippen LogP contribution in [0.1, 0.15) is 18.4 Å². The average molecular weight is 341 g/mol. The lowest BCUT2D eigenvalue weighted by atomic mass is 10.1. The molecule has 0 fully saturated rings. The van der Waals surface area contributed by atoms with E-state index in [0.717, 1.165) is 5.69 Å². The standard InChI is InChI=1S/C18H20FN5O/c1-13-5-3-6-15(17(13)19)18-21-8-10-24(18)14-11-22-23(12-14)9-4-7-16(25)20-2/h3,5-6,8,10-12H,4,7,9H2,1-2H3,(H,20,25). The molecule has 25 heavy (non-hydrogen) atoms. The summed E-state index contributed by atoms with van der Waals surface area (Å²) in [5, 5.41) is 6.91. The second-order valence-corrected chi connectivity index (χ2v) is 5.80. The molecule has 2 aromatic heterocycles. The van der Waals surface area contributed by atoms with Crippen LogP contribution in [0.5, 0.6) is 0 Å². The van der Waals surface area contributed by atoms with Crippen LogP contribution >= 0.6 is 0 Å². The number of imidazole rings is 1. The maximum Gasteiger partial charge on any atom is 0.219 e. The maximum absolute atomic E-state index is 14.4. The highest BCUT2D eigenvalue weighted by Gasteiger charge is 2.14. The normalized spacial score (nSPS) is 10.8. The number of hydrogen-bond donors (Lipinski definition) is 1. The molecule has 2 heterocycles. The van der Waals surface area contributed by atoms with Crippen LogP contribution in [0.3, 0.4) is 0 Å². The molecule has 0 aliphatic carbocycles. The van der Waals surface area contributed by atoms with Gasteiger partial charge in [-0.15, -0.1) is 0 Å². The summed E-state index contributed by atoms with van der Waals surface area (Å²) in [6.07, 6.45) is 8.14. The Labute approximate surface area is 145 Å². The predicted molar refractivity (Wildman–Crippen MR) is 92.8 cm³/mol. The van der Waals surface area contributed by atoms with Crippen LogP contribution in [-0.2, 0) is 11.3 Å². The molecular weight excluding hydrogens is 321 g/mol. The molecule has 3 aromatic rings. The average Bonchev–Trinajstić information content (AvgIpc) is 3.26. The van der Waals surface area contributed by atoms with E-state index >= 15 is 0 Å². The summed E-state index contributed by atoms with van der Waals surface area (Å²) in [5.74, 6) is 0.276. The number of hydrogen-bond acceptors (Lipinski definition) is 3. The van der Waals surface area contributed by atoms with Gasteiger partial charge < -0.3 is 5.32 Å². The minimum atomic E-state index is -0.270. The molecule has 0 unspecified atom stereocenters. The zero-order chi connectivity index (χ0) is 17.8. The van der Waals surface area contributed by atoms with E-state index in [1.54, 1.807) is 53.9 Å². The lowest BCUT2D eigenvalue weighted by Crippen LogP contribution is -2.17. The van der Waals surface area contributed by atoms with Crippen molar-refractivity contribution >= 4 is 5.91 Å². The van der Waals surface area contributed by atoms with E-state index in [4.69, 9.17) is 0 Å². The number of halogens is 1. The third-order valence-corrected chi connectivity index (χ3v) is 4.04. The highest BCUT2D eigenvalue weighted by atomic mass is 19.1. The summed E-state index contributed by atoms with van der Waals surface area (Å²) < 4.78 is 18.0. The van der Waals surface area contributed by atoms with Crippen molar-refractivity contribution in [3.8, 4) is 17.1 Å². The molecule has 0 bridgehead atoms. The van der Waals surface area contributed by atoms with Gasteiger partial charge in [-0.05, 0) is 25.0 Å². The van der Waals surface area contributed by atoms with E-state index in [9.17, 15) is 9.18 Å². The number of benzene rings is 1. The van der Waals surface area contributed by atoms with Crippen LogP contribution < -0.4 is 5.32 Å². The van der Waals surface area contributed by atoms with Gasteiger partial charge in [0.2, 0.25) is 5.91 Å². The lowest BCUT2D eigenvalue weighted by molar-refractivity contribution is -0.120. The molecule has 3 rings (SSSR count). The summed E-state index contributed by atoms with van der Waals surface area (Å²) in [6, 6.07) is 5.26. The van der Waals surface area contributed by atoms with Crippen molar-refractivity contribution in [2.45, 2.75) is 26.3 Å². The van der Waals surface area contributed by atoms with Crippen LogP contribution in [0.2, 0.25) is 0 Å². The maximum atomic E-state index is 14.4. The Bertz CT molecular complexity index is 883. The quantitative estimate of drug-likeness (QED) is 0.750. The smallest absolute Gasteiger partial charge is 0.219 e. The van der Waals surface area contributed by atoms with Crippen LogP contribution in [0.4, 0.5) is 4.39 Å². The Morgan fingerprint density at radius 3 is 3.00 bits per heavy atom. The van der Waals surface area contributed by atoms with Gasteiger partial charge in [0.15, 0.2) is 0 Å². The second-order valence-electron chi connectivity index (χ2n) is 5.80. The van der Waals surface area contributed by atoms with Gasteiger partial charge in [0, 0.05) is 38.6 Å². The van der Waals surface area contributed by atoms with Crippen molar-refractivity contribution in [1.82, 2.24) is 24.6 Å². The van der Waals surface area contributed by atoms with Gasteiger partial charge in [-0.3, -0.25) is 14.0 Å².